The van der Waals surface area contributed by atoms with Crippen LogP contribution >= 0.6 is 0 Å². The summed E-state index contributed by atoms with van der Waals surface area (Å²) in [6.45, 7) is 1.29. The van der Waals surface area contributed by atoms with Gasteiger partial charge in [0.05, 0.1) is 12.1 Å². The second-order valence-electron chi connectivity index (χ2n) is 7.10. The number of hydrogen-bond donors (Lipinski definition) is 2. The van der Waals surface area contributed by atoms with Crippen LogP contribution in [0.1, 0.15) is 64.8 Å². The molecule has 26 heavy (non-hydrogen) atoms. The number of aromatic nitrogens is 3. The Labute approximate surface area is 150 Å². The van der Waals surface area contributed by atoms with Crippen molar-refractivity contribution in [2.45, 2.75) is 50.9 Å². The van der Waals surface area contributed by atoms with Gasteiger partial charge >= 0.3 is 5.97 Å². The third-order valence-corrected chi connectivity index (χ3v) is 5.35. The number of nitrogens with one attached hydrogen (secondary N) is 1. The van der Waals surface area contributed by atoms with E-state index in [0.29, 0.717) is 24.5 Å². The zero-order valence-electron chi connectivity index (χ0n) is 14.5. The molecule has 0 bridgehead atoms. The third kappa shape index (κ3) is 3.23. The van der Waals surface area contributed by atoms with Crippen molar-refractivity contribution in [1.29, 1.82) is 0 Å². The SMILES string of the molecule is O=C(O)Cc1cc(C2CCN(C(=O)c3noc4c3CCCC4)CC2)n[nH]1. The number of rotatable bonds is 4. The number of likely N-dealkylation sites (tertiary alicyclic amines) is 1. The molecular formula is C18H22N4O4. The van der Waals surface area contributed by atoms with Crippen LogP contribution in [0.25, 0.3) is 0 Å². The molecule has 1 amide bonds. The molecule has 1 fully saturated rings. The number of nitrogens with zero attached hydrogens (tertiary/aromatic N) is 3. The molecule has 1 aliphatic heterocycles. The Balaban J connectivity index is 1.39. The number of fused-ring (bicyclic) bond motifs is 1. The quantitative estimate of drug-likeness (QED) is 0.863. The second kappa shape index (κ2) is 6.93. The van der Waals surface area contributed by atoms with E-state index in [2.05, 4.69) is 15.4 Å². The zero-order chi connectivity index (χ0) is 18.1. The molecule has 0 spiro atoms. The third-order valence-electron chi connectivity index (χ3n) is 5.35. The van der Waals surface area contributed by atoms with E-state index < -0.39 is 5.97 Å². The standard InChI is InChI=1S/C18H22N4O4/c23-16(24)10-12-9-14(20-19-12)11-5-7-22(8-6-11)18(25)17-13-3-1-2-4-15(13)26-21-17/h9,11H,1-8,10H2,(H,19,20)(H,23,24). The van der Waals surface area contributed by atoms with Crippen molar-refractivity contribution in [3.63, 3.8) is 0 Å². The van der Waals surface area contributed by atoms with Crippen molar-refractivity contribution in [3.8, 4) is 0 Å². The first kappa shape index (κ1) is 16.8. The number of aryl methyl sites for hydroxylation is 1. The first-order valence-electron chi connectivity index (χ1n) is 9.14. The van der Waals surface area contributed by atoms with E-state index in [0.717, 1.165) is 55.5 Å². The van der Waals surface area contributed by atoms with Crippen molar-refractivity contribution in [2.24, 2.45) is 0 Å². The maximum absolute atomic E-state index is 12.8. The number of carboxylic acid groups (broad SMARTS) is 1. The minimum atomic E-state index is -0.878. The fourth-order valence-electron chi connectivity index (χ4n) is 3.92. The summed E-state index contributed by atoms with van der Waals surface area (Å²) >= 11 is 0. The van der Waals surface area contributed by atoms with E-state index >= 15 is 0 Å². The fraction of sp³-hybridized carbons (Fsp3) is 0.556. The number of H-pyrrole nitrogens is 1. The van der Waals surface area contributed by atoms with Crippen LogP contribution in [0.15, 0.2) is 10.6 Å². The van der Waals surface area contributed by atoms with Crippen molar-refractivity contribution in [1.82, 2.24) is 20.3 Å². The molecule has 2 N–H and O–H groups in total. The van der Waals surface area contributed by atoms with Crippen LogP contribution in [-0.2, 0) is 24.1 Å². The summed E-state index contributed by atoms with van der Waals surface area (Å²) in [7, 11) is 0. The lowest BCUT2D eigenvalue weighted by molar-refractivity contribution is -0.136. The molecule has 0 saturated carbocycles. The topological polar surface area (TPSA) is 112 Å². The lowest BCUT2D eigenvalue weighted by atomic mass is 9.92. The highest BCUT2D eigenvalue weighted by molar-refractivity contribution is 5.94. The highest BCUT2D eigenvalue weighted by Crippen LogP contribution is 2.30. The van der Waals surface area contributed by atoms with E-state index in [9.17, 15) is 9.59 Å². The molecule has 4 rings (SSSR count). The van der Waals surface area contributed by atoms with E-state index in [1.165, 1.54) is 0 Å². The van der Waals surface area contributed by atoms with Crippen molar-refractivity contribution < 1.29 is 19.2 Å². The van der Waals surface area contributed by atoms with Gasteiger partial charge in [0.1, 0.15) is 5.76 Å². The van der Waals surface area contributed by atoms with Crippen LogP contribution in [0.4, 0.5) is 0 Å². The van der Waals surface area contributed by atoms with Crippen molar-refractivity contribution in [2.75, 3.05) is 13.1 Å². The average molecular weight is 358 g/mol. The molecule has 0 unspecified atom stereocenters. The van der Waals surface area contributed by atoms with Gasteiger partial charge in [-0.15, -0.1) is 0 Å². The lowest BCUT2D eigenvalue weighted by Crippen LogP contribution is -2.38. The number of amides is 1. The Kier molecular flexibility index (Phi) is 4.48. The number of carbonyl (C=O) groups excluding carboxylic acids is 1. The van der Waals surface area contributed by atoms with Crippen LogP contribution in [0.5, 0.6) is 0 Å². The molecule has 8 nitrogen and oxygen atoms in total. The van der Waals surface area contributed by atoms with Gasteiger partial charge in [-0.25, -0.2) is 0 Å². The first-order chi connectivity index (χ1) is 12.6. The molecule has 3 heterocycles. The largest absolute Gasteiger partial charge is 0.481 e. The molecule has 8 heteroatoms. The highest BCUT2D eigenvalue weighted by Gasteiger charge is 2.31. The van der Waals surface area contributed by atoms with Crippen molar-refractivity contribution in [3.05, 3.63) is 34.5 Å². The predicted octanol–water partition coefficient (Wildman–Crippen LogP) is 1.92. The number of hydrogen-bond acceptors (Lipinski definition) is 5. The maximum atomic E-state index is 12.8. The lowest BCUT2D eigenvalue weighted by Gasteiger charge is -2.31. The molecule has 0 aromatic carbocycles. The molecule has 2 aromatic heterocycles. The molecule has 2 aliphatic rings. The summed E-state index contributed by atoms with van der Waals surface area (Å²) in [5, 5.41) is 19.9. The zero-order valence-corrected chi connectivity index (χ0v) is 14.5. The normalized spacial score (nSPS) is 17.9. The number of piperidine rings is 1. The van der Waals surface area contributed by atoms with Crippen LogP contribution in [0, 0.1) is 0 Å². The second-order valence-corrected chi connectivity index (χ2v) is 7.10. The summed E-state index contributed by atoms with van der Waals surface area (Å²) in [5.41, 5.74) is 2.98. The minimum Gasteiger partial charge on any atom is -0.481 e. The molecule has 0 radical (unpaired) electrons. The summed E-state index contributed by atoms with van der Waals surface area (Å²) in [6.07, 6.45) is 5.47. The Morgan fingerprint density at radius 1 is 1.27 bits per heavy atom. The molecule has 1 saturated heterocycles. The molecule has 1 aliphatic carbocycles. The van der Waals surface area contributed by atoms with Gasteiger partial charge in [0.2, 0.25) is 0 Å². The predicted molar refractivity (Wildman–Crippen MR) is 91.0 cm³/mol. The molecular weight excluding hydrogens is 336 g/mol. The van der Waals surface area contributed by atoms with Gasteiger partial charge < -0.3 is 14.5 Å². The Morgan fingerprint density at radius 3 is 2.81 bits per heavy atom. The molecule has 2 aromatic rings. The number of carboxylic acids is 1. The number of aliphatic carboxylic acids is 1. The molecule has 0 atom stereocenters. The van der Waals surface area contributed by atoms with Gasteiger partial charge in [-0.1, -0.05) is 5.16 Å². The first-order valence-corrected chi connectivity index (χ1v) is 9.14. The van der Waals surface area contributed by atoms with Crippen LogP contribution in [0.3, 0.4) is 0 Å². The van der Waals surface area contributed by atoms with Gasteiger partial charge in [0, 0.05) is 36.7 Å². The Bertz CT molecular complexity index is 817. The van der Waals surface area contributed by atoms with E-state index in [4.69, 9.17) is 9.63 Å². The number of carbonyl (C=O) groups is 2. The monoisotopic (exact) mass is 358 g/mol. The minimum absolute atomic E-state index is 0.0380. The smallest absolute Gasteiger partial charge is 0.309 e. The maximum Gasteiger partial charge on any atom is 0.309 e. The van der Waals surface area contributed by atoms with E-state index in [1.54, 1.807) is 0 Å². The van der Waals surface area contributed by atoms with Gasteiger partial charge in [0.15, 0.2) is 5.69 Å². The van der Waals surface area contributed by atoms with Gasteiger partial charge in [-0.05, 0) is 38.2 Å². The fourth-order valence-corrected chi connectivity index (χ4v) is 3.92. The molecule has 138 valence electrons. The highest BCUT2D eigenvalue weighted by atomic mass is 16.5. The summed E-state index contributed by atoms with van der Waals surface area (Å²) in [4.78, 5) is 25.4. The van der Waals surface area contributed by atoms with E-state index in [1.807, 2.05) is 11.0 Å². The van der Waals surface area contributed by atoms with Gasteiger partial charge in [-0.2, -0.15) is 5.10 Å². The average Bonchev–Trinajstić information content (AvgIpc) is 3.28. The van der Waals surface area contributed by atoms with Crippen LogP contribution in [-0.4, -0.2) is 50.3 Å². The Morgan fingerprint density at radius 2 is 2.04 bits per heavy atom. The van der Waals surface area contributed by atoms with Gasteiger partial charge in [-0.3, -0.25) is 14.7 Å². The summed E-state index contributed by atoms with van der Waals surface area (Å²) in [5.74, 6) is 0.196. The van der Waals surface area contributed by atoms with E-state index in [-0.39, 0.29) is 18.2 Å². The summed E-state index contributed by atoms with van der Waals surface area (Å²) in [6, 6.07) is 1.82. The van der Waals surface area contributed by atoms with Crippen LogP contribution < -0.4 is 0 Å². The summed E-state index contributed by atoms with van der Waals surface area (Å²) < 4.78 is 5.36. The Hall–Kier alpha value is -2.64. The van der Waals surface area contributed by atoms with Crippen molar-refractivity contribution >= 4 is 11.9 Å². The number of aromatic amines is 1. The van der Waals surface area contributed by atoms with Crippen LogP contribution in [0.2, 0.25) is 0 Å². The van der Waals surface area contributed by atoms with Gasteiger partial charge in [0.25, 0.3) is 5.91 Å².